The van der Waals surface area contributed by atoms with Crippen molar-refractivity contribution in [2.45, 2.75) is 19.5 Å². The molecule has 0 saturated carbocycles. The lowest BCUT2D eigenvalue weighted by atomic mass is 10.2. The number of hydrogen-bond donors (Lipinski definition) is 1. The average molecular weight is 317 g/mol. The number of hydrogen-bond acceptors (Lipinski definition) is 2. The molecule has 6 heteroatoms. The van der Waals surface area contributed by atoms with Crippen LogP contribution in [0.4, 0.5) is 4.39 Å². The van der Waals surface area contributed by atoms with Crippen molar-refractivity contribution in [3.05, 3.63) is 54.4 Å². The van der Waals surface area contributed by atoms with Crippen molar-refractivity contribution in [2.75, 3.05) is 26.2 Å². The molecule has 0 spiro atoms. The topological polar surface area (TPSA) is 43.2 Å². The first-order valence-corrected chi connectivity index (χ1v) is 7.97. The number of carbonyl (C=O) groups is 1. The first-order chi connectivity index (χ1) is 11.2. The lowest BCUT2D eigenvalue weighted by molar-refractivity contribution is -0.696. The van der Waals surface area contributed by atoms with Gasteiger partial charge in [0.2, 0.25) is 12.2 Å². The van der Waals surface area contributed by atoms with Crippen molar-refractivity contribution >= 4 is 5.91 Å². The Bertz CT molecular complexity index is 627. The minimum atomic E-state index is -0.245. The fourth-order valence-corrected chi connectivity index (χ4v) is 2.86. The number of amides is 1. The van der Waals surface area contributed by atoms with Crippen LogP contribution in [0.1, 0.15) is 12.0 Å². The van der Waals surface area contributed by atoms with Gasteiger partial charge in [0.15, 0.2) is 0 Å². The van der Waals surface area contributed by atoms with E-state index >= 15 is 0 Å². The van der Waals surface area contributed by atoms with E-state index in [4.69, 9.17) is 0 Å². The lowest BCUT2D eigenvalue weighted by Crippen LogP contribution is -2.50. The number of piperazine rings is 1. The van der Waals surface area contributed by atoms with E-state index in [0.29, 0.717) is 13.1 Å². The van der Waals surface area contributed by atoms with Crippen LogP contribution in [0, 0.1) is 5.82 Å². The summed E-state index contributed by atoms with van der Waals surface area (Å²) < 4.78 is 15.0. The van der Waals surface area contributed by atoms with Crippen LogP contribution in [-0.4, -0.2) is 46.9 Å². The van der Waals surface area contributed by atoms with Crippen LogP contribution >= 0.6 is 0 Å². The van der Waals surface area contributed by atoms with E-state index < -0.39 is 0 Å². The Hall–Kier alpha value is -2.21. The Balaban J connectivity index is 1.43. The van der Waals surface area contributed by atoms with E-state index in [1.54, 1.807) is 12.1 Å². The van der Waals surface area contributed by atoms with Crippen LogP contribution in [0.2, 0.25) is 0 Å². The maximum absolute atomic E-state index is 12.9. The highest BCUT2D eigenvalue weighted by Crippen LogP contribution is 2.11. The van der Waals surface area contributed by atoms with E-state index in [2.05, 4.69) is 14.5 Å². The molecule has 122 valence electrons. The number of aromatic nitrogens is 2. The van der Waals surface area contributed by atoms with E-state index in [1.807, 2.05) is 23.6 Å². The molecule has 0 radical (unpaired) electrons. The van der Waals surface area contributed by atoms with Crippen LogP contribution < -0.4 is 4.57 Å². The zero-order chi connectivity index (χ0) is 16.1. The van der Waals surface area contributed by atoms with Crippen LogP contribution in [0.15, 0.2) is 43.0 Å². The minimum absolute atomic E-state index is 0.148. The second-order valence-electron chi connectivity index (χ2n) is 5.92. The van der Waals surface area contributed by atoms with Gasteiger partial charge in [0.25, 0.3) is 0 Å². The number of nitrogens with zero attached hydrogens (tertiary/aromatic N) is 3. The lowest BCUT2D eigenvalue weighted by Gasteiger charge is -2.34. The van der Waals surface area contributed by atoms with Gasteiger partial charge in [0.1, 0.15) is 18.2 Å². The Morgan fingerprint density at radius 1 is 1.22 bits per heavy atom. The summed E-state index contributed by atoms with van der Waals surface area (Å²) >= 11 is 0. The first kappa shape index (κ1) is 15.7. The quantitative estimate of drug-likeness (QED) is 0.813. The van der Waals surface area contributed by atoms with Crippen molar-refractivity contribution in [2.24, 2.45) is 0 Å². The molecule has 3 rings (SSSR count). The Morgan fingerprint density at radius 2 is 2.04 bits per heavy atom. The van der Waals surface area contributed by atoms with Gasteiger partial charge in [-0.2, -0.15) is 0 Å². The third-order valence-corrected chi connectivity index (χ3v) is 4.18. The summed E-state index contributed by atoms with van der Waals surface area (Å²) in [6.45, 7) is 4.53. The number of H-pyrrole nitrogens is 1. The average Bonchev–Trinajstić information content (AvgIpc) is 3.05. The van der Waals surface area contributed by atoms with E-state index in [9.17, 15) is 9.18 Å². The fourth-order valence-electron chi connectivity index (χ4n) is 2.86. The van der Waals surface area contributed by atoms with Gasteiger partial charge >= 0.3 is 0 Å². The Kier molecular flexibility index (Phi) is 5.02. The van der Waals surface area contributed by atoms with Crippen molar-refractivity contribution in [1.29, 1.82) is 0 Å². The van der Waals surface area contributed by atoms with Crippen LogP contribution in [0.3, 0.4) is 0 Å². The standard InChI is InChI=1S/C17H21FN4O/c18-16-4-2-15(3-5-16)12-22-11-10-20(13-17(22)23)7-1-8-21-9-6-19-14-21/h2-6,9,14H,1,7-8,10-13H2/p+1. The normalized spacial score (nSPS) is 16.0. The van der Waals surface area contributed by atoms with Gasteiger partial charge in [0.05, 0.1) is 13.1 Å². The predicted molar refractivity (Wildman–Crippen MR) is 83.9 cm³/mol. The van der Waals surface area contributed by atoms with Crippen molar-refractivity contribution < 1.29 is 13.8 Å². The van der Waals surface area contributed by atoms with Gasteiger partial charge in [-0.1, -0.05) is 12.1 Å². The molecule has 5 nitrogen and oxygen atoms in total. The van der Waals surface area contributed by atoms with Gasteiger partial charge in [-0.05, 0) is 24.1 Å². The highest BCUT2D eigenvalue weighted by atomic mass is 19.1. The van der Waals surface area contributed by atoms with Gasteiger partial charge in [-0.15, -0.1) is 0 Å². The molecular weight excluding hydrogens is 295 g/mol. The number of aromatic amines is 1. The Labute approximate surface area is 135 Å². The number of aryl methyl sites for hydroxylation is 1. The fraction of sp³-hybridized carbons (Fsp3) is 0.412. The molecule has 1 fully saturated rings. The minimum Gasteiger partial charge on any atom is -0.336 e. The number of rotatable bonds is 6. The molecule has 0 atom stereocenters. The molecule has 0 bridgehead atoms. The molecule has 0 unspecified atom stereocenters. The first-order valence-electron chi connectivity index (χ1n) is 7.97. The zero-order valence-electron chi connectivity index (χ0n) is 13.1. The summed E-state index contributed by atoms with van der Waals surface area (Å²) in [6.07, 6.45) is 6.86. The molecule has 1 aromatic heterocycles. The Morgan fingerprint density at radius 3 is 2.74 bits per heavy atom. The number of carbonyl (C=O) groups excluding carboxylic acids is 1. The summed E-state index contributed by atoms with van der Waals surface area (Å²) in [4.78, 5) is 19.3. The van der Waals surface area contributed by atoms with Crippen LogP contribution in [-0.2, 0) is 17.9 Å². The SMILES string of the molecule is O=C1CN(CCC[n+]2cc[nH]c2)CCN1Cc1ccc(F)cc1. The molecule has 1 aliphatic heterocycles. The van der Waals surface area contributed by atoms with Crippen molar-refractivity contribution in [1.82, 2.24) is 14.8 Å². The molecule has 2 aromatic rings. The van der Waals surface area contributed by atoms with E-state index in [0.717, 1.165) is 38.2 Å². The monoisotopic (exact) mass is 317 g/mol. The van der Waals surface area contributed by atoms with Crippen LogP contribution in [0.5, 0.6) is 0 Å². The molecule has 1 N–H and O–H groups in total. The highest BCUT2D eigenvalue weighted by molar-refractivity contribution is 5.79. The largest absolute Gasteiger partial charge is 0.336 e. The summed E-state index contributed by atoms with van der Waals surface area (Å²) in [5.74, 6) is -0.0972. The van der Waals surface area contributed by atoms with Crippen LogP contribution in [0.25, 0.3) is 0 Å². The van der Waals surface area contributed by atoms with Gasteiger partial charge in [0, 0.05) is 26.2 Å². The van der Waals surface area contributed by atoms with Crippen molar-refractivity contribution in [3.63, 3.8) is 0 Å². The highest BCUT2D eigenvalue weighted by Gasteiger charge is 2.23. The molecule has 0 aliphatic carbocycles. The maximum Gasteiger partial charge on any atom is 0.241 e. The summed E-state index contributed by atoms with van der Waals surface area (Å²) in [6, 6.07) is 6.36. The van der Waals surface area contributed by atoms with Crippen molar-refractivity contribution in [3.8, 4) is 0 Å². The molecule has 1 aromatic carbocycles. The molecule has 1 saturated heterocycles. The van der Waals surface area contributed by atoms with E-state index in [-0.39, 0.29) is 11.7 Å². The third kappa shape index (κ3) is 4.39. The van der Waals surface area contributed by atoms with Gasteiger partial charge in [-0.25, -0.2) is 8.96 Å². The zero-order valence-corrected chi connectivity index (χ0v) is 13.1. The molecule has 2 heterocycles. The number of imidazole rings is 1. The predicted octanol–water partition coefficient (Wildman–Crippen LogP) is 1.18. The second-order valence-corrected chi connectivity index (χ2v) is 5.92. The molecule has 1 aliphatic rings. The maximum atomic E-state index is 12.9. The molecule has 23 heavy (non-hydrogen) atoms. The molecular formula is C17H22FN4O+. The number of nitrogens with one attached hydrogen (secondary N) is 1. The number of benzene rings is 1. The smallest absolute Gasteiger partial charge is 0.241 e. The summed E-state index contributed by atoms with van der Waals surface area (Å²) in [5.41, 5.74) is 0.969. The number of halogens is 1. The third-order valence-electron chi connectivity index (χ3n) is 4.18. The summed E-state index contributed by atoms with van der Waals surface area (Å²) in [7, 11) is 0. The second kappa shape index (κ2) is 7.37. The molecule has 1 amide bonds. The summed E-state index contributed by atoms with van der Waals surface area (Å²) in [5, 5.41) is 0. The van der Waals surface area contributed by atoms with Gasteiger partial charge in [-0.3, -0.25) is 14.7 Å². The van der Waals surface area contributed by atoms with Gasteiger partial charge < -0.3 is 4.90 Å². The van der Waals surface area contributed by atoms with E-state index in [1.165, 1.54) is 12.1 Å².